The molecule has 13 heteroatoms. The smallest absolute Gasteiger partial charge is 0.410 e. The van der Waals surface area contributed by atoms with Crippen LogP contribution in [-0.4, -0.2) is 97.4 Å². The molecule has 6 rings (SSSR count). The van der Waals surface area contributed by atoms with E-state index in [-0.39, 0.29) is 23.3 Å². The van der Waals surface area contributed by atoms with Crippen molar-refractivity contribution in [2.24, 2.45) is 29.1 Å². The number of aromatic hydroxyl groups is 1. The molecule has 2 aromatic rings. The molecular formula is C49H70N2O11. The normalized spacial score (nSPS) is 29.5. The van der Waals surface area contributed by atoms with E-state index in [9.17, 15) is 44.7 Å². The summed E-state index contributed by atoms with van der Waals surface area (Å²) in [6.07, 6.45) is 15.6. The van der Waals surface area contributed by atoms with E-state index in [1.165, 1.54) is 18.2 Å². The zero-order chi connectivity index (χ0) is 45.0. The van der Waals surface area contributed by atoms with Gasteiger partial charge in [-0.15, -0.1) is 0 Å². The lowest BCUT2D eigenvalue weighted by atomic mass is 9.59. The third-order valence-electron chi connectivity index (χ3n) is 14.9. The van der Waals surface area contributed by atoms with E-state index < -0.39 is 82.0 Å². The third kappa shape index (κ3) is 8.88. The lowest BCUT2D eigenvalue weighted by Gasteiger charge is -2.52. The van der Waals surface area contributed by atoms with Crippen molar-refractivity contribution in [1.82, 2.24) is 10.2 Å². The lowest BCUT2D eigenvalue weighted by Crippen LogP contribution is -2.65. The number of phenols is 1. The van der Waals surface area contributed by atoms with Crippen molar-refractivity contribution in [3.63, 3.8) is 0 Å². The van der Waals surface area contributed by atoms with E-state index in [1.807, 2.05) is 13.8 Å². The first-order valence-corrected chi connectivity index (χ1v) is 23.2. The minimum atomic E-state index is -1.94. The maximum Gasteiger partial charge on any atom is 0.410 e. The van der Waals surface area contributed by atoms with Crippen molar-refractivity contribution in [3.05, 3.63) is 63.5 Å². The maximum atomic E-state index is 14.2. The van der Waals surface area contributed by atoms with Gasteiger partial charge in [0, 0.05) is 66.6 Å². The molecule has 2 amide bonds. The fourth-order valence-electron chi connectivity index (χ4n) is 11.3. The van der Waals surface area contributed by atoms with Crippen molar-refractivity contribution in [1.29, 1.82) is 0 Å². The number of aliphatic hydroxyl groups excluding tert-OH is 2. The first kappa shape index (κ1) is 47.4. The molecule has 0 spiro atoms. The van der Waals surface area contributed by atoms with Crippen molar-refractivity contribution in [2.75, 3.05) is 26.2 Å². The Morgan fingerprint density at radius 1 is 0.903 bits per heavy atom. The molecule has 342 valence electrons. The molecule has 0 bridgehead atoms. The van der Waals surface area contributed by atoms with E-state index in [2.05, 4.69) is 12.2 Å². The van der Waals surface area contributed by atoms with Crippen LogP contribution in [0.3, 0.4) is 0 Å². The second-order valence-corrected chi connectivity index (χ2v) is 19.3. The summed E-state index contributed by atoms with van der Waals surface area (Å²) < 4.78 is 11.7. The SMILES string of the molecule is CCCCCCN(CCCCCCCCCCCCNC(=O)c1cc2ccc(O)cc2oc1=O)C(=O)O[C@@]12[C@H](O)[C@@H](C)[C@@]3(O)[C@@H](C=C(CO)C[C@]4(O)C(=O)C(C)=C[C@@H]34)[C@H]1C2(C)C. The molecule has 1 aromatic heterocycles. The van der Waals surface area contributed by atoms with Crippen molar-refractivity contribution in [2.45, 2.75) is 154 Å². The van der Waals surface area contributed by atoms with Gasteiger partial charge in [0.2, 0.25) is 0 Å². The Balaban J connectivity index is 0.951. The molecule has 4 aliphatic carbocycles. The molecule has 1 aromatic carbocycles. The molecule has 2 fully saturated rings. The number of fused-ring (bicyclic) bond motifs is 6. The Kier molecular flexibility index (Phi) is 14.8. The Morgan fingerprint density at radius 2 is 1.52 bits per heavy atom. The van der Waals surface area contributed by atoms with Crippen LogP contribution in [0, 0.1) is 29.1 Å². The van der Waals surface area contributed by atoms with Crippen molar-refractivity contribution >= 4 is 28.8 Å². The fraction of sp³-hybridized carbons (Fsp3) is 0.673. The quantitative estimate of drug-likeness (QED) is 0.0424. The largest absolute Gasteiger partial charge is 0.508 e. The van der Waals surface area contributed by atoms with Crippen LogP contribution in [-0.2, 0) is 9.53 Å². The highest BCUT2D eigenvalue weighted by molar-refractivity contribution is 6.05. The molecule has 13 nitrogen and oxygen atoms in total. The number of benzene rings is 1. The number of hydrogen-bond acceptors (Lipinski definition) is 11. The number of hydrogen-bond donors (Lipinski definition) is 6. The minimum Gasteiger partial charge on any atom is -0.508 e. The maximum absolute atomic E-state index is 14.2. The van der Waals surface area contributed by atoms with E-state index in [1.54, 1.807) is 37.0 Å². The van der Waals surface area contributed by atoms with Crippen LogP contribution in [0.15, 0.2) is 56.8 Å². The van der Waals surface area contributed by atoms with Gasteiger partial charge in [0.1, 0.15) is 34.2 Å². The number of carbonyl (C=O) groups excluding carboxylic acids is 3. The predicted octanol–water partition coefficient (Wildman–Crippen LogP) is 7.10. The number of amides is 2. The van der Waals surface area contributed by atoms with Crippen molar-refractivity contribution < 1.29 is 49.1 Å². The van der Waals surface area contributed by atoms with Gasteiger partial charge in [0.05, 0.1) is 12.2 Å². The summed E-state index contributed by atoms with van der Waals surface area (Å²) in [4.78, 5) is 54.2. The van der Waals surface area contributed by atoms with Gasteiger partial charge >= 0.3 is 11.7 Å². The molecule has 0 unspecified atom stereocenters. The Hall–Kier alpha value is -4.04. The summed E-state index contributed by atoms with van der Waals surface area (Å²) in [6, 6.07) is 5.89. The number of unbranched alkanes of at least 4 members (excludes halogenated alkanes) is 12. The summed E-state index contributed by atoms with van der Waals surface area (Å²) in [6.45, 7) is 10.5. The van der Waals surface area contributed by atoms with Crippen LogP contribution < -0.4 is 10.9 Å². The number of ketones is 1. The number of phenolic OH excluding ortho intramolecular Hbond substituents is 1. The summed E-state index contributed by atoms with van der Waals surface area (Å²) in [5, 5.41) is 60.0. The van der Waals surface area contributed by atoms with E-state index in [4.69, 9.17) is 9.15 Å². The summed E-state index contributed by atoms with van der Waals surface area (Å²) in [5.74, 6) is -4.06. The molecule has 2 saturated carbocycles. The molecule has 62 heavy (non-hydrogen) atoms. The zero-order valence-electron chi connectivity index (χ0n) is 37.4. The van der Waals surface area contributed by atoms with Gasteiger partial charge in [0.15, 0.2) is 5.78 Å². The van der Waals surface area contributed by atoms with Gasteiger partial charge in [-0.05, 0) is 55.5 Å². The molecule has 1 heterocycles. The Bertz CT molecular complexity index is 2070. The average molecular weight is 863 g/mol. The molecule has 8 atom stereocenters. The number of ether oxygens (including phenoxy) is 1. The fourth-order valence-corrected chi connectivity index (χ4v) is 11.3. The van der Waals surface area contributed by atoms with Gasteiger partial charge in [-0.2, -0.15) is 0 Å². The number of aliphatic hydroxyl groups is 4. The average Bonchev–Trinajstić information content (AvgIpc) is 3.67. The molecule has 0 radical (unpaired) electrons. The van der Waals surface area contributed by atoms with Crippen LogP contribution in [0.2, 0.25) is 0 Å². The first-order chi connectivity index (χ1) is 29.5. The van der Waals surface area contributed by atoms with Crippen molar-refractivity contribution in [3.8, 4) is 5.75 Å². The van der Waals surface area contributed by atoms with E-state index >= 15 is 0 Å². The van der Waals surface area contributed by atoms with Crippen LogP contribution in [0.25, 0.3) is 11.0 Å². The highest BCUT2D eigenvalue weighted by atomic mass is 16.6. The van der Waals surface area contributed by atoms with Crippen LogP contribution in [0.1, 0.15) is 141 Å². The second kappa shape index (κ2) is 19.4. The van der Waals surface area contributed by atoms with E-state index in [0.717, 1.165) is 89.9 Å². The lowest BCUT2D eigenvalue weighted by molar-refractivity contribution is -0.210. The van der Waals surface area contributed by atoms with Gasteiger partial charge < -0.3 is 44.9 Å². The third-order valence-corrected chi connectivity index (χ3v) is 14.9. The highest BCUT2D eigenvalue weighted by Gasteiger charge is 2.87. The number of Topliss-reactive ketones (excluding diaryl/α,β-unsaturated/α-hetero) is 1. The summed E-state index contributed by atoms with van der Waals surface area (Å²) in [7, 11) is 0. The predicted molar refractivity (Wildman–Crippen MR) is 235 cm³/mol. The summed E-state index contributed by atoms with van der Waals surface area (Å²) in [5.41, 5.74) is -5.51. The topological polar surface area (TPSA) is 207 Å². The Labute approximate surface area is 365 Å². The zero-order valence-corrected chi connectivity index (χ0v) is 37.4. The minimum absolute atomic E-state index is 0.0191. The molecule has 4 aliphatic rings. The second-order valence-electron chi connectivity index (χ2n) is 19.3. The van der Waals surface area contributed by atoms with Gasteiger partial charge in [0.25, 0.3) is 5.91 Å². The van der Waals surface area contributed by atoms with Crippen LogP contribution >= 0.6 is 0 Å². The van der Waals surface area contributed by atoms with Gasteiger partial charge in [-0.1, -0.05) is 110 Å². The molecule has 0 aliphatic heterocycles. The molecular weight excluding hydrogens is 793 g/mol. The highest BCUT2D eigenvalue weighted by Crippen LogP contribution is 2.76. The molecule has 0 saturated heterocycles. The van der Waals surface area contributed by atoms with Gasteiger partial charge in [-0.3, -0.25) is 9.59 Å². The monoisotopic (exact) mass is 862 g/mol. The number of carbonyl (C=O) groups is 3. The standard InChI is InChI=1S/C49H70N2O11/c1-6-7-8-18-23-51(24-19-16-14-12-10-9-11-13-15-17-22-50-43(56)36-27-34-20-21-35(53)28-38(34)61-44(36)57)45(58)62-49-40(46(49,4)5)37-26-33(30-52)29-47(59)39(25-31(2)41(47)54)48(37,60)32(3)42(49)55/h20-21,25-28,32,37,39-40,42,52-53,55,59-60H,6-19,22-24,29-30H2,1-5H3,(H,50,56)/t32-,37+,39-,40+,42-,47-,48-,49-/m1/s1. The van der Waals surface area contributed by atoms with E-state index in [0.29, 0.717) is 36.2 Å². The summed E-state index contributed by atoms with van der Waals surface area (Å²) >= 11 is 0. The van der Waals surface area contributed by atoms with Crippen LogP contribution in [0.5, 0.6) is 5.75 Å². The molecule has 6 N–H and O–H groups in total. The first-order valence-electron chi connectivity index (χ1n) is 23.2. The van der Waals surface area contributed by atoms with Crippen LogP contribution in [0.4, 0.5) is 4.79 Å². The number of nitrogens with zero attached hydrogens (tertiary/aromatic N) is 1. The van der Waals surface area contributed by atoms with Gasteiger partial charge in [-0.25, -0.2) is 9.59 Å². The Morgan fingerprint density at radius 3 is 2.15 bits per heavy atom. The number of rotatable bonds is 21. The number of nitrogens with one attached hydrogen (secondary N) is 1.